The van der Waals surface area contributed by atoms with E-state index in [0.29, 0.717) is 17.5 Å². The molecule has 1 aromatic carbocycles. The zero-order valence-corrected chi connectivity index (χ0v) is 19.1. The first-order valence-corrected chi connectivity index (χ1v) is 12.0. The van der Waals surface area contributed by atoms with Crippen molar-refractivity contribution in [1.29, 1.82) is 0 Å². The second-order valence-corrected chi connectivity index (χ2v) is 10.3. The summed E-state index contributed by atoms with van der Waals surface area (Å²) in [6, 6.07) is 10.9. The van der Waals surface area contributed by atoms with Crippen LogP contribution in [0.5, 0.6) is 0 Å². The highest BCUT2D eigenvalue weighted by Crippen LogP contribution is 2.55. The van der Waals surface area contributed by atoms with E-state index in [2.05, 4.69) is 16.9 Å². The first-order valence-electron chi connectivity index (χ1n) is 11.6. The molecule has 0 radical (unpaired) electrons. The molecule has 4 saturated carbocycles. The molecule has 7 rings (SSSR count). The average Bonchev–Trinajstić information content (AvgIpc) is 3.10. The highest BCUT2D eigenvalue weighted by atomic mass is 32.1. The van der Waals surface area contributed by atoms with Gasteiger partial charge in [-0.1, -0.05) is 0 Å². The smallest absolute Gasteiger partial charge is 0.204 e. The molecule has 0 amide bonds. The Kier molecular flexibility index (Phi) is 4.99. The Morgan fingerprint density at radius 1 is 0.969 bits per heavy atom. The van der Waals surface area contributed by atoms with E-state index >= 15 is 0 Å². The van der Waals surface area contributed by atoms with Crippen LogP contribution in [0.25, 0.3) is 17.1 Å². The summed E-state index contributed by atoms with van der Waals surface area (Å²) in [5.74, 6) is 4.02. The van der Waals surface area contributed by atoms with E-state index < -0.39 is 0 Å². The second kappa shape index (κ2) is 7.89. The summed E-state index contributed by atoms with van der Waals surface area (Å²) in [6.45, 7) is 0.665. The number of hydrogen-bond donors (Lipinski definition) is 0. The SMILES string of the molecule is CN(Cn1nc(-c2ccncc2)n(-c2ccc(F)cc2)c1=S)C1C2CC3CC(C2)CC1C3. The molecule has 166 valence electrons. The van der Waals surface area contributed by atoms with Gasteiger partial charge in [-0.15, -0.1) is 5.10 Å². The van der Waals surface area contributed by atoms with Gasteiger partial charge < -0.3 is 0 Å². The lowest BCUT2D eigenvalue weighted by molar-refractivity contribution is -0.0668. The fourth-order valence-corrected chi connectivity index (χ4v) is 7.22. The Morgan fingerprint density at radius 3 is 2.22 bits per heavy atom. The van der Waals surface area contributed by atoms with Crippen LogP contribution in [0, 0.1) is 34.3 Å². The van der Waals surface area contributed by atoms with Gasteiger partial charge in [-0.2, -0.15) is 0 Å². The van der Waals surface area contributed by atoms with Gasteiger partial charge in [0.05, 0.1) is 12.4 Å². The predicted molar refractivity (Wildman–Crippen MR) is 124 cm³/mol. The summed E-state index contributed by atoms with van der Waals surface area (Å²) in [5, 5.41) is 4.94. The van der Waals surface area contributed by atoms with E-state index in [9.17, 15) is 4.39 Å². The molecule has 2 heterocycles. The standard InChI is InChI=1S/C25H28FN5S/c1-29(23-19-11-16-10-17(13-19)14-20(23)12-16)15-30-25(32)31(22-4-2-21(26)3-5-22)24(28-30)18-6-8-27-9-7-18/h2-9,16-17,19-20,23H,10-15H2,1H3. The van der Waals surface area contributed by atoms with Crippen molar-refractivity contribution in [2.24, 2.45) is 23.7 Å². The quantitative estimate of drug-likeness (QED) is 0.494. The molecule has 0 spiro atoms. The molecule has 2 aromatic heterocycles. The lowest BCUT2D eigenvalue weighted by Crippen LogP contribution is -2.55. The molecule has 0 aliphatic heterocycles. The summed E-state index contributed by atoms with van der Waals surface area (Å²) in [4.78, 5) is 6.63. The zero-order chi connectivity index (χ0) is 21.8. The van der Waals surface area contributed by atoms with Crippen molar-refractivity contribution in [2.45, 2.75) is 44.8 Å². The Balaban J connectivity index is 1.36. The van der Waals surface area contributed by atoms with E-state index in [0.717, 1.165) is 40.7 Å². The minimum Gasteiger partial charge on any atom is -0.284 e. The van der Waals surface area contributed by atoms with Gasteiger partial charge in [-0.25, -0.2) is 9.07 Å². The second-order valence-electron chi connectivity index (χ2n) is 9.97. The molecule has 0 atom stereocenters. The van der Waals surface area contributed by atoms with E-state index in [1.165, 1.54) is 44.2 Å². The number of pyridine rings is 1. The Hall–Kier alpha value is -2.38. The molecular formula is C25H28FN5S. The van der Waals surface area contributed by atoms with Crippen molar-refractivity contribution < 1.29 is 4.39 Å². The summed E-state index contributed by atoms with van der Waals surface area (Å²) < 4.78 is 18.1. The van der Waals surface area contributed by atoms with Crippen LogP contribution in [0.3, 0.4) is 0 Å². The minimum absolute atomic E-state index is 0.264. The Morgan fingerprint density at radius 2 is 1.59 bits per heavy atom. The summed E-state index contributed by atoms with van der Waals surface area (Å²) >= 11 is 5.90. The van der Waals surface area contributed by atoms with Gasteiger partial charge in [0.15, 0.2) is 5.82 Å². The fourth-order valence-electron chi connectivity index (χ4n) is 6.93. The maximum Gasteiger partial charge on any atom is 0.204 e. The minimum atomic E-state index is -0.264. The highest BCUT2D eigenvalue weighted by Gasteiger charge is 2.49. The molecule has 4 aliphatic rings. The lowest BCUT2D eigenvalue weighted by atomic mass is 9.54. The van der Waals surface area contributed by atoms with Crippen molar-refractivity contribution >= 4 is 12.2 Å². The normalized spacial score (nSPS) is 28.5. The maximum absolute atomic E-state index is 13.6. The predicted octanol–water partition coefficient (Wildman–Crippen LogP) is 5.32. The third-order valence-electron chi connectivity index (χ3n) is 7.91. The molecule has 32 heavy (non-hydrogen) atoms. The van der Waals surface area contributed by atoms with Gasteiger partial charge in [0, 0.05) is 24.0 Å². The topological polar surface area (TPSA) is 38.9 Å². The van der Waals surface area contributed by atoms with Gasteiger partial charge in [0.2, 0.25) is 4.77 Å². The van der Waals surface area contributed by atoms with Crippen molar-refractivity contribution in [3.63, 3.8) is 0 Å². The van der Waals surface area contributed by atoms with Crippen molar-refractivity contribution in [3.05, 3.63) is 59.4 Å². The number of benzene rings is 1. The molecule has 4 aliphatic carbocycles. The summed E-state index contributed by atoms with van der Waals surface area (Å²) in [6.07, 6.45) is 10.5. The van der Waals surface area contributed by atoms with Gasteiger partial charge >= 0.3 is 0 Å². The Labute approximate surface area is 192 Å². The van der Waals surface area contributed by atoms with Crippen LogP contribution >= 0.6 is 12.2 Å². The number of aromatic nitrogens is 4. The molecule has 0 saturated heterocycles. The van der Waals surface area contributed by atoms with Crippen LogP contribution in [0.4, 0.5) is 4.39 Å². The first-order chi connectivity index (χ1) is 15.6. The molecule has 0 N–H and O–H groups in total. The zero-order valence-electron chi connectivity index (χ0n) is 18.3. The molecule has 0 unspecified atom stereocenters. The number of nitrogens with zero attached hydrogens (tertiary/aromatic N) is 5. The third-order valence-corrected chi connectivity index (χ3v) is 8.30. The van der Waals surface area contributed by atoms with Crippen molar-refractivity contribution in [1.82, 2.24) is 24.2 Å². The van der Waals surface area contributed by atoms with Gasteiger partial charge in [0.25, 0.3) is 0 Å². The number of hydrogen-bond acceptors (Lipinski definition) is 4. The molecule has 4 bridgehead atoms. The first kappa shape index (κ1) is 20.2. The van der Waals surface area contributed by atoms with Crippen molar-refractivity contribution in [3.8, 4) is 17.1 Å². The fraction of sp³-hybridized carbons (Fsp3) is 0.480. The largest absolute Gasteiger partial charge is 0.284 e. The monoisotopic (exact) mass is 449 g/mol. The van der Waals surface area contributed by atoms with Crippen LogP contribution < -0.4 is 0 Å². The van der Waals surface area contributed by atoms with Crippen LogP contribution in [0.15, 0.2) is 48.8 Å². The highest BCUT2D eigenvalue weighted by molar-refractivity contribution is 7.71. The molecular weight excluding hydrogens is 421 g/mol. The third kappa shape index (κ3) is 3.42. The average molecular weight is 450 g/mol. The van der Waals surface area contributed by atoms with E-state index in [1.54, 1.807) is 24.5 Å². The molecule has 3 aromatic rings. The van der Waals surface area contributed by atoms with E-state index in [4.69, 9.17) is 17.3 Å². The summed E-state index contributed by atoms with van der Waals surface area (Å²) in [5.41, 5.74) is 1.75. The number of halogens is 1. The van der Waals surface area contributed by atoms with E-state index in [-0.39, 0.29) is 5.82 Å². The van der Waals surface area contributed by atoms with Gasteiger partial charge in [-0.05, 0) is 111 Å². The van der Waals surface area contributed by atoms with Crippen LogP contribution in [-0.2, 0) is 6.67 Å². The Bertz CT molecular complexity index is 1140. The van der Waals surface area contributed by atoms with Crippen LogP contribution in [0.1, 0.15) is 32.1 Å². The van der Waals surface area contributed by atoms with E-state index in [1.807, 2.05) is 21.4 Å². The van der Waals surface area contributed by atoms with Gasteiger partial charge in [-0.3, -0.25) is 14.5 Å². The molecule has 7 heteroatoms. The number of rotatable bonds is 5. The molecule has 5 nitrogen and oxygen atoms in total. The van der Waals surface area contributed by atoms with Crippen LogP contribution in [-0.4, -0.2) is 37.3 Å². The van der Waals surface area contributed by atoms with Gasteiger partial charge in [0.1, 0.15) is 5.82 Å². The van der Waals surface area contributed by atoms with Crippen LogP contribution in [0.2, 0.25) is 0 Å². The van der Waals surface area contributed by atoms with Crippen molar-refractivity contribution in [2.75, 3.05) is 7.05 Å². The molecule has 4 fully saturated rings. The lowest BCUT2D eigenvalue weighted by Gasteiger charge is -2.56. The summed E-state index contributed by atoms with van der Waals surface area (Å²) in [7, 11) is 2.23. The maximum atomic E-state index is 13.6.